The predicted octanol–water partition coefficient (Wildman–Crippen LogP) is 3.13. The summed E-state index contributed by atoms with van der Waals surface area (Å²) in [6, 6.07) is 10.8. The van der Waals surface area contributed by atoms with Gasteiger partial charge in [-0.05, 0) is 52.9 Å². The fourth-order valence-corrected chi connectivity index (χ4v) is 1.92. The van der Waals surface area contributed by atoms with Crippen molar-refractivity contribution in [3.8, 4) is 0 Å². The zero-order valence-electron chi connectivity index (χ0n) is 8.72. The first kappa shape index (κ1) is 11.8. The second-order valence-corrected chi connectivity index (χ2v) is 4.59. The molecule has 2 aromatic rings. The van der Waals surface area contributed by atoms with Gasteiger partial charge >= 0.3 is 5.97 Å². The minimum Gasteiger partial charge on any atom is -0.478 e. The lowest BCUT2D eigenvalue weighted by Gasteiger charge is -2.08. The van der Waals surface area contributed by atoms with Crippen LogP contribution < -0.4 is 5.32 Å². The summed E-state index contributed by atoms with van der Waals surface area (Å²) in [7, 11) is 0. The first-order chi connectivity index (χ1) is 8.16. The number of nitrogens with zero attached hydrogens (tertiary/aromatic N) is 1. The summed E-state index contributed by atoms with van der Waals surface area (Å²) in [5.41, 5.74) is 0.976. The first-order valence-corrected chi connectivity index (χ1v) is 5.95. The molecule has 86 valence electrons. The molecule has 1 heterocycles. The second kappa shape index (κ2) is 5.13. The number of carboxylic acids is 1. The Morgan fingerprint density at radius 3 is 2.82 bits per heavy atom. The highest BCUT2D eigenvalue weighted by molar-refractivity contribution is 14.1. The van der Waals surface area contributed by atoms with Gasteiger partial charge in [0.05, 0.1) is 0 Å². The minimum absolute atomic E-state index is 0.159. The fraction of sp³-hybridized carbons (Fsp3) is 0. The molecule has 5 heteroatoms. The molecule has 0 aliphatic rings. The first-order valence-electron chi connectivity index (χ1n) is 4.88. The van der Waals surface area contributed by atoms with E-state index in [2.05, 4.69) is 32.9 Å². The average molecular weight is 340 g/mol. The van der Waals surface area contributed by atoms with Crippen molar-refractivity contribution in [1.29, 1.82) is 0 Å². The predicted molar refractivity (Wildman–Crippen MR) is 73.6 cm³/mol. The molecule has 2 N–H and O–H groups in total. The van der Waals surface area contributed by atoms with Crippen molar-refractivity contribution in [1.82, 2.24) is 4.98 Å². The van der Waals surface area contributed by atoms with E-state index < -0.39 is 5.97 Å². The summed E-state index contributed by atoms with van der Waals surface area (Å²) >= 11 is 2.19. The molecule has 0 aliphatic carbocycles. The van der Waals surface area contributed by atoms with E-state index in [1.54, 1.807) is 12.3 Å². The zero-order chi connectivity index (χ0) is 12.3. The topological polar surface area (TPSA) is 62.2 Å². The van der Waals surface area contributed by atoms with Crippen molar-refractivity contribution in [2.45, 2.75) is 0 Å². The summed E-state index contributed by atoms with van der Waals surface area (Å²) in [6.45, 7) is 0. The van der Waals surface area contributed by atoms with Crippen molar-refractivity contribution in [2.75, 3.05) is 5.32 Å². The molecule has 0 aliphatic heterocycles. The number of carbonyl (C=O) groups is 1. The molecule has 0 unspecified atom stereocenters. The van der Waals surface area contributed by atoms with Crippen LogP contribution in [0.25, 0.3) is 0 Å². The molecule has 0 atom stereocenters. The van der Waals surface area contributed by atoms with Gasteiger partial charge in [-0.15, -0.1) is 0 Å². The maximum absolute atomic E-state index is 11.0. The summed E-state index contributed by atoms with van der Waals surface area (Å²) in [5.74, 6) is -0.645. The van der Waals surface area contributed by atoms with Gasteiger partial charge in [-0.1, -0.05) is 6.07 Å². The van der Waals surface area contributed by atoms with E-state index in [1.807, 2.05) is 24.3 Å². The van der Waals surface area contributed by atoms with Gasteiger partial charge in [-0.25, -0.2) is 9.78 Å². The Kier molecular flexibility index (Phi) is 3.58. The molecule has 0 amide bonds. The van der Waals surface area contributed by atoms with Crippen LogP contribution in [0.4, 0.5) is 11.5 Å². The van der Waals surface area contributed by atoms with Crippen LogP contribution in [-0.4, -0.2) is 16.1 Å². The number of rotatable bonds is 3. The number of aromatic nitrogens is 1. The smallest absolute Gasteiger partial charge is 0.339 e. The highest BCUT2D eigenvalue weighted by Crippen LogP contribution is 2.19. The van der Waals surface area contributed by atoms with Gasteiger partial charge in [0.2, 0.25) is 0 Å². The number of carboxylic acid groups (broad SMARTS) is 1. The fourth-order valence-electron chi connectivity index (χ4n) is 1.38. The van der Waals surface area contributed by atoms with Crippen LogP contribution in [0.5, 0.6) is 0 Å². The molecule has 0 fully saturated rings. The van der Waals surface area contributed by atoms with E-state index in [9.17, 15) is 4.79 Å². The molecular weight excluding hydrogens is 331 g/mol. The minimum atomic E-state index is -0.994. The molecule has 0 spiro atoms. The third-order valence-electron chi connectivity index (χ3n) is 2.13. The van der Waals surface area contributed by atoms with Crippen LogP contribution in [0.3, 0.4) is 0 Å². The van der Waals surface area contributed by atoms with Crippen molar-refractivity contribution in [3.05, 3.63) is 51.7 Å². The molecule has 1 aromatic heterocycles. The van der Waals surface area contributed by atoms with E-state index >= 15 is 0 Å². The van der Waals surface area contributed by atoms with Gasteiger partial charge in [-0.3, -0.25) is 0 Å². The Morgan fingerprint density at radius 1 is 1.29 bits per heavy atom. The monoisotopic (exact) mass is 340 g/mol. The molecule has 1 aromatic carbocycles. The van der Waals surface area contributed by atoms with Crippen LogP contribution in [0.2, 0.25) is 0 Å². The highest BCUT2D eigenvalue weighted by Gasteiger charge is 2.10. The van der Waals surface area contributed by atoms with Crippen LogP contribution >= 0.6 is 22.6 Å². The van der Waals surface area contributed by atoms with E-state index in [1.165, 1.54) is 6.07 Å². The van der Waals surface area contributed by atoms with E-state index in [-0.39, 0.29) is 5.56 Å². The number of hydrogen-bond donors (Lipinski definition) is 2. The largest absolute Gasteiger partial charge is 0.478 e. The van der Waals surface area contributed by atoms with Crippen molar-refractivity contribution in [3.63, 3.8) is 0 Å². The molecule has 0 saturated carbocycles. The Balaban J connectivity index is 2.33. The molecule has 0 radical (unpaired) electrons. The lowest BCUT2D eigenvalue weighted by molar-refractivity contribution is 0.0697. The van der Waals surface area contributed by atoms with Gasteiger partial charge in [0.1, 0.15) is 11.4 Å². The molecular formula is C12H9IN2O2. The van der Waals surface area contributed by atoms with Gasteiger partial charge in [-0.2, -0.15) is 0 Å². The van der Waals surface area contributed by atoms with E-state index in [0.717, 1.165) is 9.26 Å². The second-order valence-electron chi connectivity index (χ2n) is 3.34. The Hall–Kier alpha value is -1.63. The Morgan fingerprint density at radius 2 is 2.12 bits per heavy atom. The highest BCUT2D eigenvalue weighted by atomic mass is 127. The molecule has 17 heavy (non-hydrogen) atoms. The summed E-state index contributed by atoms with van der Waals surface area (Å²) < 4.78 is 1.07. The number of benzene rings is 1. The van der Waals surface area contributed by atoms with E-state index in [0.29, 0.717) is 5.82 Å². The number of nitrogens with one attached hydrogen (secondary N) is 1. The van der Waals surface area contributed by atoms with Gasteiger partial charge < -0.3 is 10.4 Å². The number of halogens is 1. The number of anilines is 2. The Bertz CT molecular complexity index is 558. The van der Waals surface area contributed by atoms with Crippen molar-refractivity contribution >= 4 is 40.1 Å². The van der Waals surface area contributed by atoms with Crippen molar-refractivity contribution < 1.29 is 9.90 Å². The van der Waals surface area contributed by atoms with Crippen LogP contribution in [0, 0.1) is 3.57 Å². The van der Waals surface area contributed by atoms with Crippen LogP contribution in [-0.2, 0) is 0 Å². The summed E-state index contributed by atoms with van der Waals surface area (Å²) in [4.78, 5) is 15.0. The lowest BCUT2D eigenvalue weighted by Crippen LogP contribution is -2.04. The zero-order valence-corrected chi connectivity index (χ0v) is 10.9. The van der Waals surface area contributed by atoms with E-state index in [4.69, 9.17) is 5.11 Å². The number of pyridine rings is 1. The molecule has 0 bridgehead atoms. The SMILES string of the molecule is O=C(O)c1cccnc1Nc1cccc(I)c1. The molecule has 4 nitrogen and oxygen atoms in total. The van der Waals surface area contributed by atoms with Crippen LogP contribution in [0.15, 0.2) is 42.6 Å². The third-order valence-corrected chi connectivity index (χ3v) is 2.80. The quantitative estimate of drug-likeness (QED) is 0.843. The van der Waals surface area contributed by atoms with Gasteiger partial charge in [0, 0.05) is 15.5 Å². The number of hydrogen-bond acceptors (Lipinski definition) is 3. The normalized spacial score (nSPS) is 9.94. The third kappa shape index (κ3) is 2.94. The maximum Gasteiger partial charge on any atom is 0.339 e. The maximum atomic E-state index is 11.0. The summed E-state index contributed by atoms with van der Waals surface area (Å²) in [6.07, 6.45) is 1.56. The Labute approximate surface area is 112 Å². The summed E-state index contributed by atoms with van der Waals surface area (Å²) in [5, 5.41) is 12.0. The lowest BCUT2D eigenvalue weighted by atomic mass is 10.2. The molecule has 2 rings (SSSR count). The van der Waals surface area contributed by atoms with Gasteiger partial charge in [0.15, 0.2) is 0 Å². The standard InChI is InChI=1S/C12H9IN2O2/c13-8-3-1-4-9(7-8)15-11-10(12(16)17)5-2-6-14-11/h1-7H,(H,14,15)(H,16,17). The van der Waals surface area contributed by atoms with Gasteiger partial charge in [0.25, 0.3) is 0 Å². The number of aromatic carboxylic acids is 1. The average Bonchev–Trinajstić information content (AvgIpc) is 2.29. The van der Waals surface area contributed by atoms with Crippen molar-refractivity contribution in [2.24, 2.45) is 0 Å². The van der Waals surface area contributed by atoms with Crippen LogP contribution in [0.1, 0.15) is 10.4 Å². The molecule has 0 saturated heterocycles.